The van der Waals surface area contributed by atoms with Gasteiger partial charge in [-0.25, -0.2) is 0 Å². The Morgan fingerprint density at radius 3 is 1.63 bits per heavy atom. The van der Waals surface area contributed by atoms with Crippen molar-refractivity contribution in [1.82, 2.24) is 0 Å². The summed E-state index contributed by atoms with van der Waals surface area (Å²) in [6.45, 7) is 4.45. The van der Waals surface area contributed by atoms with E-state index in [9.17, 15) is 9.59 Å². The summed E-state index contributed by atoms with van der Waals surface area (Å²) in [6, 6.07) is 0. The van der Waals surface area contributed by atoms with Gasteiger partial charge in [-0.15, -0.1) is 0 Å². The zero-order chi connectivity index (χ0) is 27.9. The van der Waals surface area contributed by atoms with Gasteiger partial charge >= 0.3 is 11.9 Å². The summed E-state index contributed by atoms with van der Waals surface area (Å²) in [5, 5.41) is 8.74. The van der Waals surface area contributed by atoms with E-state index in [1.807, 2.05) is 0 Å². The van der Waals surface area contributed by atoms with Crippen molar-refractivity contribution in [2.45, 2.75) is 180 Å². The fourth-order valence-corrected chi connectivity index (χ4v) is 4.66. The lowest BCUT2D eigenvalue weighted by Gasteiger charge is -2.15. The molecule has 0 spiro atoms. The summed E-state index contributed by atoms with van der Waals surface area (Å²) >= 11 is 0. The van der Waals surface area contributed by atoms with Crippen LogP contribution in [0.3, 0.4) is 0 Å². The minimum Gasteiger partial charge on any atom is -0.481 e. The Morgan fingerprint density at radius 1 is 0.579 bits per heavy atom. The minimum absolute atomic E-state index is 0.0752. The van der Waals surface area contributed by atoms with Crippen LogP contribution in [0.5, 0.6) is 0 Å². The number of rotatable bonds is 29. The molecule has 0 fully saturated rings. The van der Waals surface area contributed by atoms with Gasteiger partial charge in [0.25, 0.3) is 0 Å². The highest BCUT2D eigenvalue weighted by Gasteiger charge is 2.11. The Hall–Kier alpha value is -1.58. The molecule has 1 N–H and O–H groups in total. The van der Waals surface area contributed by atoms with Crippen molar-refractivity contribution in [2.24, 2.45) is 0 Å². The molecule has 0 saturated heterocycles. The number of carbonyl (C=O) groups is 2. The molecule has 0 aromatic carbocycles. The van der Waals surface area contributed by atoms with E-state index < -0.39 is 5.97 Å². The van der Waals surface area contributed by atoms with Crippen molar-refractivity contribution in [3.05, 3.63) is 24.3 Å². The van der Waals surface area contributed by atoms with E-state index in [0.717, 1.165) is 64.2 Å². The second-order valence-electron chi connectivity index (χ2n) is 11.0. The quantitative estimate of drug-likeness (QED) is 0.0589. The van der Waals surface area contributed by atoms with Crippen molar-refractivity contribution in [2.75, 3.05) is 0 Å². The molecule has 0 aliphatic rings. The van der Waals surface area contributed by atoms with Gasteiger partial charge in [0.05, 0.1) is 0 Å². The second-order valence-corrected chi connectivity index (χ2v) is 11.0. The number of unbranched alkanes of at least 4 members (excludes halogenated alkanes) is 18. The number of aliphatic carboxylic acids is 1. The standard InChI is InChI=1S/C34H62O4/c1-3-5-7-9-10-11-12-13-14-15-16-17-18-19-20-21-27-31-34(37)38-32(28-24-8-6-4-2)29-25-22-23-26-30-33(35)36/h13-14,24,28,32H,3-12,15-23,25-27,29-31H2,1-2H3,(H,35,36)/b14-13-,28-24-. The molecule has 1 unspecified atom stereocenters. The molecule has 0 radical (unpaired) electrons. The molecule has 0 aliphatic carbocycles. The van der Waals surface area contributed by atoms with Gasteiger partial charge in [-0.1, -0.05) is 122 Å². The Kier molecular flexibility index (Phi) is 28.7. The first-order chi connectivity index (χ1) is 18.6. The first kappa shape index (κ1) is 36.4. The van der Waals surface area contributed by atoms with Crippen molar-refractivity contribution >= 4 is 11.9 Å². The fraction of sp³-hybridized carbons (Fsp3) is 0.824. The molecule has 0 amide bonds. The Labute approximate surface area is 236 Å². The third-order valence-electron chi connectivity index (χ3n) is 7.13. The van der Waals surface area contributed by atoms with E-state index in [-0.39, 0.29) is 18.5 Å². The Balaban J connectivity index is 3.78. The van der Waals surface area contributed by atoms with Gasteiger partial charge in [-0.05, 0) is 63.9 Å². The van der Waals surface area contributed by atoms with E-state index in [0.29, 0.717) is 6.42 Å². The van der Waals surface area contributed by atoms with Crippen LogP contribution in [0.2, 0.25) is 0 Å². The molecule has 222 valence electrons. The van der Waals surface area contributed by atoms with Crippen LogP contribution < -0.4 is 0 Å². The Morgan fingerprint density at radius 2 is 1.05 bits per heavy atom. The van der Waals surface area contributed by atoms with Crippen LogP contribution in [0.1, 0.15) is 174 Å². The SMILES string of the molecule is CCCC/C=C\C(CCCCCCC(=O)O)OC(=O)CCCCCCCCC/C=C\CCCCCCCC. The predicted molar refractivity (Wildman–Crippen MR) is 163 cm³/mol. The van der Waals surface area contributed by atoms with Crippen LogP contribution >= 0.6 is 0 Å². The summed E-state index contributed by atoms with van der Waals surface area (Å²) in [4.78, 5) is 23.0. The van der Waals surface area contributed by atoms with Gasteiger partial charge in [0, 0.05) is 12.8 Å². The van der Waals surface area contributed by atoms with Crippen molar-refractivity contribution in [3.8, 4) is 0 Å². The van der Waals surface area contributed by atoms with E-state index in [1.54, 1.807) is 0 Å². The number of hydrogen-bond acceptors (Lipinski definition) is 3. The van der Waals surface area contributed by atoms with Gasteiger partial charge in [0.15, 0.2) is 0 Å². The molecule has 0 aromatic heterocycles. The summed E-state index contributed by atoms with van der Waals surface area (Å²) in [6.07, 6.45) is 36.5. The molecule has 0 aromatic rings. The molecule has 0 bridgehead atoms. The van der Waals surface area contributed by atoms with Crippen LogP contribution in [0, 0.1) is 0 Å². The lowest BCUT2D eigenvalue weighted by molar-refractivity contribution is -0.147. The monoisotopic (exact) mass is 534 g/mol. The minimum atomic E-state index is -0.725. The smallest absolute Gasteiger partial charge is 0.306 e. The third-order valence-corrected chi connectivity index (χ3v) is 7.13. The van der Waals surface area contributed by atoms with E-state index in [1.165, 1.54) is 83.5 Å². The molecule has 4 heteroatoms. The average molecular weight is 535 g/mol. The largest absolute Gasteiger partial charge is 0.481 e. The van der Waals surface area contributed by atoms with E-state index in [2.05, 4.69) is 38.2 Å². The molecule has 0 saturated carbocycles. The maximum atomic E-state index is 12.4. The number of allylic oxidation sites excluding steroid dienone is 3. The average Bonchev–Trinajstić information content (AvgIpc) is 2.90. The van der Waals surface area contributed by atoms with Crippen LogP contribution in [-0.4, -0.2) is 23.1 Å². The third kappa shape index (κ3) is 29.0. The number of ether oxygens (including phenoxy) is 1. The molecule has 1 atom stereocenters. The van der Waals surface area contributed by atoms with Crippen LogP contribution in [0.4, 0.5) is 0 Å². The number of hydrogen-bond donors (Lipinski definition) is 1. The first-order valence-electron chi connectivity index (χ1n) is 16.3. The molecular weight excluding hydrogens is 472 g/mol. The molecule has 0 heterocycles. The number of carbonyl (C=O) groups excluding carboxylic acids is 1. The number of carboxylic acid groups (broad SMARTS) is 1. The highest BCUT2D eigenvalue weighted by atomic mass is 16.5. The van der Waals surface area contributed by atoms with Gasteiger partial charge in [-0.3, -0.25) is 9.59 Å². The number of carboxylic acids is 1. The highest BCUT2D eigenvalue weighted by molar-refractivity contribution is 5.69. The van der Waals surface area contributed by atoms with Gasteiger partial charge < -0.3 is 9.84 Å². The predicted octanol–water partition coefficient (Wildman–Crippen LogP) is 10.9. The molecule has 38 heavy (non-hydrogen) atoms. The normalized spacial score (nSPS) is 12.5. The van der Waals surface area contributed by atoms with Crippen molar-refractivity contribution < 1.29 is 19.4 Å². The zero-order valence-corrected chi connectivity index (χ0v) is 25.2. The Bertz CT molecular complexity index is 581. The van der Waals surface area contributed by atoms with Gasteiger partial charge in [0.2, 0.25) is 0 Å². The highest BCUT2D eigenvalue weighted by Crippen LogP contribution is 2.15. The lowest BCUT2D eigenvalue weighted by atomic mass is 10.1. The van der Waals surface area contributed by atoms with Crippen LogP contribution in [0.15, 0.2) is 24.3 Å². The molecular formula is C34H62O4. The number of esters is 1. The van der Waals surface area contributed by atoms with Gasteiger partial charge in [0.1, 0.15) is 6.10 Å². The maximum Gasteiger partial charge on any atom is 0.306 e. The summed E-state index contributed by atoms with van der Waals surface area (Å²) < 4.78 is 5.78. The van der Waals surface area contributed by atoms with Crippen LogP contribution in [0.25, 0.3) is 0 Å². The van der Waals surface area contributed by atoms with Gasteiger partial charge in [-0.2, -0.15) is 0 Å². The zero-order valence-electron chi connectivity index (χ0n) is 25.2. The molecule has 0 aliphatic heterocycles. The topological polar surface area (TPSA) is 63.6 Å². The fourth-order valence-electron chi connectivity index (χ4n) is 4.66. The maximum absolute atomic E-state index is 12.4. The van der Waals surface area contributed by atoms with Crippen molar-refractivity contribution in [3.63, 3.8) is 0 Å². The summed E-state index contributed by atoms with van der Waals surface area (Å²) in [5.41, 5.74) is 0. The van der Waals surface area contributed by atoms with E-state index in [4.69, 9.17) is 9.84 Å². The van der Waals surface area contributed by atoms with Crippen LogP contribution in [-0.2, 0) is 14.3 Å². The summed E-state index contributed by atoms with van der Waals surface area (Å²) in [7, 11) is 0. The lowest BCUT2D eigenvalue weighted by Crippen LogP contribution is -2.16. The molecule has 4 nitrogen and oxygen atoms in total. The van der Waals surface area contributed by atoms with Crippen molar-refractivity contribution in [1.29, 1.82) is 0 Å². The second kappa shape index (κ2) is 30.0. The summed E-state index contributed by atoms with van der Waals surface area (Å²) in [5.74, 6) is -0.800. The molecule has 0 rings (SSSR count). The first-order valence-corrected chi connectivity index (χ1v) is 16.3. The van der Waals surface area contributed by atoms with E-state index >= 15 is 0 Å².